The van der Waals surface area contributed by atoms with Gasteiger partial charge in [0, 0.05) is 5.25 Å². The molecule has 0 aliphatic carbocycles. The molecule has 17 heavy (non-hydrogen) atoms. The van der Waals surface area contributed by atoms with Gasteiger partial charge in [0.15, 0.2) is 0 Å². The van der Waals surface area contributed by atoms with Crippen LogP contribution in [0.1, 0.15) is 32.6 Å². The summed E-state index contributed by atoms with van der Waals surface area (Å²) in [7, 11) is 0. The molecular formula is C13H22N2OS. The molecule has 1 unspecified atom stereocenters. The predicted octanol–water partition coefficient (Wildman–Crippen LogP) is 1.39. The Kier molecular flexibility index (Phi) is 7.14. The minimum absolute atomic E-state index is 0.0740. The van der Waals surface area contributed by atoms with E-state index in [1.54, 1.807) is 11.8 Å². The predicted molar refractivity (Wildman–Crippen MR) is 74.0 cm³/mol. The Morgan fingerprint density at radius 3 is 2.88 bits per heavy atom. The van der Waals surface area contributed by atoms with Crippen LogP contribution in [0.15, 0.2) is 0 Å². The van der Waals surface area contributed by atoms with Gasteiger partial charge in [0.25, 0.3) is 0 Å². The quantitative estimate of drug-likeness (QED) is 0.704. The third-order valence-corrected chi connectivity index (χ3v) is 4.22. The molecule has 2 N–H and O–H groups in total. The van der Waals surface area contributed by atoms with Crippen LogP contribution in [-0.4, -0.2) is 36.0 Å². The molecule has 0 aromatic carbocycles. The van der Waals surface area contributed by atoms with Gasteiger partial charge in [-0.2, -0.15) is 0 Å². The molecule has 1 heterocycles. The van der Waals surface area contributed by atoms with Gasteiger partial charge in [0.05, 0.1) is 11.8 Å². The first kappa shape index (κ1) is 14.4. The average molecular weight is 254 g/mol. The van der Waals surface area contributed by atoms with E-state index in [0.717, 1.165) is 38.8 Å². The van der Waals surface area contributed by atoms with Crippen LogP contribution in [-0.2, 0) is 4.79 Å². The van der Waals surface area contributed by atoms with Gasteiger partial charge in [-0.3, -0.25) is 4.79 Å². The van der Waals surface area contributed by atoms with E-state index in [0.29, 0.717) is 11.0 Å². The fourth-order valence-electron chi connectivity index (χ4n) is 1.88. The maximum Gasteiger partial charge on any atom is 0.230 e. The van der Waals surface area contributed by atoms with Crippen LogP contribution >= 0.6 is 11.8 Å². The zero-order chi connectivity index (χ0) is 12.5. The summed E-state index contributed by atoms with van der Waals surface area (Å²) in [6.07, 6.45) is 9.54. The van der Waals surface area contributed by atoms with Crippen molar-refractivity contribution in [2.75, 3.05) is 18.8 Å². The molecule has 0 spiro atoms. The fraction of sp³-hybridized carbons (Fsp3) is 0.769. The summed E-state index contributed by atoms with van der Waals surface area (Å²) in [6.45, 7) is 4.21. The summed E-state index contributed by atoms with van der Waals surface area (Å²) in [5, 5.41) is 6.84. The van der Waals surface area contributed by atoms with E-state index in [4.69, 9.17) is 6.42 Å². The third kappa shape index (κ3) is 5.99. The Morgan fingerprint density at radius 2 is 2.29 bits per heavy atom. The van der Waals surface area contributed by atoms with Crippen LogP contribution in [0.2, 0.25) is 0 Å². The summed E-state index contributed by atoms with van der Waals surface area (Å²) in [6, 6.07) is -0.0962. The highest BCUT2D eigenvalue weighted by atomic mass is 32.2. The lowest BCUT2D eigenvalue weighted by atomic mass is 10.2. The second-order valence-corrected chi connectivity index (χ2v) is 5.62. The zero-order valence-corrected chi connectivity index (χ0v) is 11.3. The summed E-state index contributed by atoms with van der Waals surface area (Å²) in [5.74, 6) is 3.23. The first-order chi connectivity index (χ1) is 8.26. The van der Waals surface area contributed by atoms with Crippen molar-refractivity contribution in [3.63, 3.8) is 0 Å². The first-order valence-electron chi connectivity index (χ1n) is 6.34. The Balaban J connectivity index is 2.17. The molecule has 0 saturated carbocycles. The normalized spacial score (nSPS) is 18.4. The lowest BCUT2D eigenvalue weighted by Crippen LogP contribution is -2.36. The van der Waals surface area contributed by atoms with Crippen molar-refractivity contribution in [1.82, 2.24) is 10.6 Å². The standard InChI is InChI=1S/C13H22N2OS/c1-3-5-11(4-2)15-13(16)10-17-12-6-8-14-9-7-12/h2,11-12,14H,3,5-10H2,1H3,(H,15,16). The van der Waals surface area contributed by atoms with Crippen molar-refractivity contribution in [2.45, 2.75) is 43.9 Å². The number of thioether (sulfide) groups is 1. The Morgan fingerprint density at radius 1 is 1.59 bits per heavy atom. The van der Waals surface area contributed by atoms with E-state index in [2.05, 4.69) is 23.5 Å². The van der Waals surface area contributed by atoms with Crippen LogP contribution in [0.3, 0.4) is 0 Å². The largest absolute Gasteiger partial charge is 0.342 e. The highest BCUT2D eigenvalue weighted by Gasteiger charge is 2.15. The van der Waals surface area contributed by atoms with E-state index >= 15 is 0 Å². The Bertz CT molecular complexity index is 269. The smallest absolute Gasteiger partial charge is 0.230 e. The molecule has 1 amide bonds. The second kappa shape index (κ2) is 8.43. The number of rotatable bonds is 6. The second-order valence-electron chi connectivity index (χ2n) is 4.34. The molecule has 0 bridgehead atoms. The number of nitrogens with one attached hydrogen (secondary N) is 2. The zero-order valence-electron chi connectivity index (χ0n) is 10.5. The molecule has 0 aromatic heterocycles. The molecular weight excluding hydrogens is 232 g/mol. The minimum atomic E-state index is -0.0962. The monoisotopic (exact) mass is 254 g/mol. The number of terminal acetylenes is 1. The van der Waals surface area contributed by atoms with Crippen LogP contribution in [0.5, 0.6) is 0 Å². The van der Waals surface area contributed by atoms with Gasteiger partial charge in [-0.1, -0.05) is 19.3 Å². The molecule has 0 aromatic rings. The van der Waals surface area contributed by atoms with Crippen LogP contribution < -0.4 is 10.6 Å². The molecule has 0 radical (unpaired) electrons. The summed E-state index contributed by atoms with van der Waals surface area (Å²) < 4.78 is 0. The molecule has 96 valence electrons. The maximum absolute atomic E-state index is 11.7. The van der Waals surface area contributed by atoms with Crippen molar-refractivity contribution in [3.8, 4) is 12.3 Å². The highest BCUT2D eigenvalue weighted by Crippen LogP contribution is 2.19. The number of carbonyl (C=O) groups is 1. The SMILES string of the molecule is C#CC(CCC)NC(=O)CSC1CCNCC1. The van der Waals surface area contributed by atoms with Gasteiger partial charge in [-0.25, -0.2) is 0 Å². The van der Waals surface area contributed by atoms with Gasteiger partial charge >= 0.3 is 0 Å². The summed E-state index contributed by atoms with van der Waals surface area (Å²) in [4.78, 5) is 11.7. The number of hydrogen-bond donors (Lipinski definition) is 2. The fourth-order valence-corrected chi connectivity index (χ4v) is 2.92. The average Bonchev–Trinajstić information content (AvgIpc) is 2.37. The van der Waals surface area contributed by atoms with Gasteiger partial charge in [-0.05, 0) is 32.4 Å². The molecule has 1 aliphatic rings. The van der Waals surface area contributed by atoms with Crippen molar-refractivity contribution >= 4 is 17.7 Å². The molecule has 1 rings (SSSR count). The van der Waals surface area contributed by atoms with Crippen LogP contribution in [0.4, 0.5) is 0 Å². The molecule has 4 heteroatoms. The van der Waals surface area contributed by atoms with Gasteiger partial charge in [0.1, 0.15) is 0 Å². The first-order valence-corrected chi connectivity index (χ1v) is 7.39. The lowest BCUT2D eigenvalue weighted by molar-refractivity contribution is -0.118. The Hall–Kier alpha value is -0.660. The number of carbonyl (C=O) groups excluding carboxylic acids is 1. The topological polar surface area (TPSA) is 41.1 Å². The molecule has 3 nitrogen and oxygen atoms in total. The van der Waals surface area contributed by atoms with Crippen molar-refractivity contribution < 1.29 is 4.79 Å². The number of amides is 1. The van der Waals surface area contributed by atoms with Gasteiger partial charge < -0.3 is 10.6 Å². The molecule has 1 atom stereocenters. The van der Waals surface area contributed by atoms with E-state index in [1.807, 2.05) is 0 Å². The van der Waals surface area contributed by atoms with E-state index in [9.17, 15) is 4.79 Å². The van der Waals surface area contributed by atoms with E-state index in [1.165, 1.54) is 0 Å². The van der Waals surface area contributed by atoms with Crippen LogP contribution in [0.25, 0.3) is 0 Å². The lowest BCUT2D eigenvalue weighted by Gasteiger charge is -2.22. The van der Waals surface area contributed by atoms with E-state index in [-0.39, 0.29) is 11.9 Å². The number of hydrogen-bond acceptors (Lipinski definition) is 3. The molecule has 1 fully saturated rings. The summed E-state index contributed by atoms with van der Waals surface area (Å²) in [5.41, 5.74) is 0. The van der Waals surface area contributed by atoms with Crippen molar-refractivity contribution in [1.29, 1.82) is 0 Å². The van der Waals surface area contributed by atoms with Crippen molar-refractivity contribution in [3.05, 3.63) is 0 Å². The Labute approximate surface area is 108 Å². The molecule has 1 saturated heterocycles. The maximum atomic E-state index is 11.7. The third-order valence-electron chi connectivity index (χ3n) is 2.85. The van der Waals surface area contributed by atoms with E-state index < -0.39 is 0 Å². The molecule has 1 aliphatic heterocycles. The minimum Gasteiger partial charge on any atom is -0.342 e. The number of piperidine rings is 1. The van der Waals surface area contributed by atoms with Crippen molar-refractivity contribution in [2.24, 2.45) is 0 Å². The summed E-state index contributed by atoms with van der Waals surface area (Å²) >= 11 is 1.76. The van der Waals surface area contributed by atoms with Crippen LogP contribution in [0, 0.1) is 12.3 Å². The highest BCUT2D eigenvalue weighted by molar-refractivity contribution is 8.00. The van der Waals surface area contributed by atoms with Gasteiger partial charge in [0.2, 0.25) is 5.91 Å². The van der Waals surface area contributed by atoms with Gasteiger partial charge in [-0.15, -0.1) is 18.2 Å².